The molecule has 0 aromatic heterocycles. The highest BCUT2D eigenvalue weighted by atomic mass is 16.5. The fourth-order valence-corrected chi connectivity index (χ4v) is 7.42. The predicted molar refractivity (Wildman–Crippen MR) is 152 cm³/mol. The summed E-state index contributed by atoms with van der Waals surface area (Å²) in [7, 11) is 1.36. The number of esters is 1. The molecule has 1 aliphatic carbocycles. The second-order valence-electron chi connectivity index (χ2n) is 11.6. The SMILES string of the molecule is COC(=O)[C@H]1C(=O)[C@@]2(NCC3CCOCC3)c3c(C)cc(C)cc3O[C@@]2(c2ccc(C)cc2)[C@@H]1c1ccccc1. The first-order chi connectivity index (χ1) is 19.3. The lowest BCUT2D eigenvalue weighted by molar-refractivity contribution is -0.149. The molecule has 0 unspecified atom stereocenters. The van der Waals surface area contributed by atoms with Crippen molar-refractivity contribution < 1.29 is 23.8 Å². The topological polar surface area (TPSA) is 73.9 Å². The molecule has 3 aliphatic rings. The van der Waals surface area contributed by atoms with E-state index in [0.717, 1.165) is 46.2 Å². The third-order valence-electron chi connectivity index (χ3n) is 9.16. The first kappa shape index (κ1) is 26.7. The fraction of sp³-hybridized carbons (Fsp3) is 0.412. The van der Waals surface area contributed by atoms with Crippen LogP contribution in [0.5, 0.6) is 5.75 Å². The lowest BCUT2D eigenvalue weighted by Crippen LogP contribution is -2.60. The number of hydrogen-bond acceptors (Lipinski definition) is 6. The van der Waals surface area contributed by atoms with Crippen molar-refractivity contribution in [2.45, 2.75) is 50.7 Å². The van der Waals surface area contributed by atoms with E-state index in [1.165, 1.54) is 7.11 Å². The molecule has 0 bridgehead atoms. The van der Waals surface area contributed by atoms with Gasteiger partial charge in [0.15, 0.2) is 16.9 Å². The van der Waals surface area contributed by atoms with Crippen molar-refractivity contribution in [3.05, 3.63) is 100 Å². The highest BCUT2D eigenvalue weighted by Crippen LogP contribution is 2.67. The van der Waals surface area contributed by atoms with Gasteiger partial charge in [0.1, 0.15) is 11.7 Å². The van der Waals surface area contributed by atoms with Gasteiger partial charge in [0.2, 0.25) is 0 Å². The quantitative estimate of drug-likeness (QED) is 0.340. The number of hydrogen-bond donors (Lipinski definition) is 1. The summed E-state index contributed by atoms with van der Waals surface area (Å²) >= 11 is 0. The second kappa shape index (κ2) is 10.2. The van der Waals surface area contributed by atoms with Gasteiger partial charge < -0.3 is 14.2 Å². The molecular formula is C34H37NO5. The Labute approximate surface area is 236 Å². The minimum atomic E-state index is -1.30. The monoisotopic (exact) mass is 539 g/mol. The second-order valence-corrected chi connectivity index (χ2v) is 11.6. The van der Waals surface area contributed by atoms with Gasteiger partial charge in [0.25, 0.3) is 0 Å². The molecular weight excluding hydrogens is 502 g/mol. The van der Waals surface area contributed by atoms with E-state index in [-0.39, 0.29) is 5.78 Å². The molecule has 40 heavy (non-hydrogen) atoms. The largest absolute Gasteiger partial charge is 0.479 e. The van der Waals surface area contributed by atoms with Crippen LogP contribution in [0.25, 0.3) is 0 Å². The summed E-state index contributed by atoms with van der Waals surface area (Å²) < 4.78 is 18.2. The maximum absolute atomic E-state index is 15.1. The predicted octanol–water partition coefficient (Wildman–Crippen LogP) is 5.27. The normalized spacial score (nSPS) is 27.6. The number of rotatable bonds is 6. The van der Waals surface area contributed by atoms with Crippen LogP contribution >= 0.6 is 0 Å². The third kappa shape index (κ3) is 3.84. The van der Waals surface area contributed by atoms with Crippen LogP contribution in [-0.4, -0.2) is 38.6 Å². The van der Waals surface area contributed by atoms with Crippen LogP contribution in [0.1, 0.15) is 52.1 Å². The van der Waals surface area contributed by atoms with Gasteiger partial charge in [0.05, 0.1) is 13.0 Å². The van der Waals surface area contributed by atoms with Gasteiger partial charge >= 0.3 is 5.97 Å². The maximum atomic E-state index is 15.1. The van der Waals surface area contributed by atoms with E-state index >= 15 is 4.79 Å². The Morgan fingerprint density at radius 3 is 2.35 bits per heavy atom. The first-order valence-corrected chi connectivity index (χ1v) is 14.2. The molecule has 208 valence electrons. The van der Waals surface area contributed by atoms with Crippen LogP contribution in [-0.2, 0) is 30.2 Å². The maximum Gasteiger partial charge on any atom is 0.317 e. The number of fused-ring (bicyclic) bond motifs is 3. The van der Waals surface area contributed by atoms with Crippen LogP contribution < -0.4 is 10.1 Å². The molecule has 4 atom stereocenters. The van der Waals surface area contributed by atoms with Gasteiger partial charge in [-0.05, 0) is 74.4 Å². The number of ether oxygens (including phenoxy) is 3. The average Bonchev–Trinajstić information content (AvgIpc) is 3.37. The van der Waals surface area contributed by atoms with E-state index in [2.05, 4.69) is 35.6 Å². The van der Waals surface area contributed by atoms with E-state index in [4.69, 9.17) is 14.2 Å². The zero-order valence-corrected chi connectivity index (χ0v) is 23.7. The number of methoxy groups -OCH3 is 1. The van der Waals surface area contributed by atoms with Crippen molar-refractivity contribution in [2.24, 2.45) is 11.8 Å². The Morgan fingerprint density at radius 1 is 0.975 bits per heavy atom. The Hall–Kier alpha value is -3.48. The highest BCUT2D eigenvalue weighted by Gasteiger charge is 2.78. The zero-order chi connectivity index (χ0) is 28.1. The van der Waals surface area contributed by atoms with Crippen molar-refractivity contribution in [3.8, 4) is 5.75 Å². The zero-order valence-electron chi connectivity index (χ0n) is 23.7. The lowest BCUT2D eigenvalue weighted by atomic mass is 9.68. The van der Waals surface area contributed by atoms with Crippen molar-refractivity contribution in [3.63, 3.8) is 0 Å². The third-order valence-corrected chi connectivity index (χ3v) is 9.16. The molecule has 6 nitrogen and oxygen atoms in total. The molecule has 0 radical (unpaired) electrons. The Balaban J connectivity index is 1.67. The Bertz CT molecular complexity index is 1430. The molecule has 2 fully saturated rings. The number of nitrogens with one attached hydrogen (secondary N) is 1. The van der Waals surface area contributed by atoms with Gasteiger partial charge in [-0.15, -0.1) is 0 Å². The molecule has 2 aliphatic heterocycles. The van der Waals surface area contributed by atoms with E-state index in [0.29, 0.717) is 31.4 Å². The van der Waals surface area contributed by atoms with E-state index in [9.17, 15) is 4.79 Å². The minimum Gasteiger partial charge on any atom is -0.479 e. The Morgan fingerprint density at radius 2 is 1.68 bits per heavy atom. The molecule has 3 aromatic rings. The molecule has 6 rings (SSSR count). The van der Waals surface area contributed by atoms with Crippen molar-refractivity contribution in [1.82, 2.24) is 5.32 Å². The van der Waals surface area contributed by atoms with Crippen LogP contribution in [0.3, 0.4) is 0 Å². The summed E-state index contributed by atoms with van der Waals surface area (Å²) in [6.07, 6.45) is 1.83. The van der Waals surface area contributed by atoms with Crippen LogP contribution in [0, 0.1) is 32.6 Å². The van der Waals surface area contributed by atoms with E-state index < -0.39 is 28.9 Å². The van der Waals surface area contributed by atoms with Crippen molar-refractivity contribution >= 4 is 11.8 Å². The van der Waals surface area contributed by atoms with Gasteiger partial charge in [0, 0.05) is 18.8 Å². The van der Waals surface area contributed by atoms with E-state index in [1.54, 1.807) is 0 Å². The summed E-state index contributed by atoms with van der Waals surface area (Å²) in [6, 6.07) is 22.2. The number of Topliss-reactive ketones (excluding diaryl/α,β-unsaturated/α-hetero) is 1. The fourth-order valence-electron chi connectivity index (χ4n) is 7.42. The number of carbonyl (C=O) groups excluding carboxylic acids is 2. The summed E-state index contributed by atoms with van der Waals surface area (Å²) in [5.41, 5.74) is 3.16. The van der Waals surface area contributed by atoms with Crippen LogP contribution in [0.2, 0.25) is 0 Å². The summed E-state index contributed by atoms with van der Waals surface area (Å²) in [5, 5.41) is 3.82. The molecule has 6 heteroatoms. The number of aryl methyl sites for hydroxylation is 3. The summed E-state index contributed by atoms with van der Waals surface area (Å²) in [5.74, 6) is -1.38. The van der Waals surface area contributed by atoms with Gasteiger partial charge in [-0.2, -0.15) is 0 Å². The van der Waals surface area contributed by atoms with Crippen LogP contribution in [0.4, 0.5) is 0 Å². The van der Waals surface area contributed by atoms with E-state index in [1.807, 2.05) is 57.2 Å². The van der Waals surface area contributed by atoms with Gasteiger partial charge in [-0.1, -0.05) is 66.2 Å². The molecule has 2 heterocycles. The molecule has 1 saturated carbocycles. The molecule has 0 spiro atoms. The standard InChI is InChI=1S/C34H37NO5/c1-21-10-12-26(13-11-21)34-30(25-8-6-5-7-9-25)28(32(37)38-4)31(36)33(34,35-20-24-14-16-39-17-15-24)29-23(3)18-22(2)19-27(29)40-34/h5-13,18-19,24,28,30,35H,14-17,20H2,1-4H3/t28-,30-,33+,34+/m1/s1. The van der Waals surface area contributed by atoms with Crippen molar-refractivity contribution in [1.29, 1.82) is 0 Å². The highest BCUT2D eigenvalue weighted by molar-refractivity contribution is 6.10. The minimum absolute atomic E-state index is 0.202. The van der Waals surface area contributed by atoms with Crippen molar-refractivity contribution in [2.75, 3.05) is 26.9 Å². The smallest absolute Gasteiger partial charge is 0.317 e. The number of carbonyl (C=O) groups is 2. The first-order valence-electron chi connectivity index (χ1n) is 14.2. The van der Waals surface area contributed by atoms with Gasteiger partial charge in [-0.3, -0.25) is 14.9 Å². The number of ketones is 1. The number of benzene rings is 3. The lowest BCUT2D eigenvalue weighted by Gasteiger charge is -2.43. The molecule has 1 saturated heterocycles. The molecule has 1 N–H and O–H groups in total. The average molecular weight is 540 g/mol. The molecule has 3 aromatic carbocycles. The van der Waals surface area contributed by atoms with Gasteiger partial charge in [-0.25, -0.2) is 0 Å². The Kier molecular flexibility index (Phi) is 6.79. The summed E-state index contributed by atoms with van der Waals surface area (Å²) in [6.45, 7) is 8.14. The van der Waals surface area contributed by atoms with Crippen LogP contribution in [0.15, 0.2) is 66.7 Å². The summed E-state index contributed by atoms with van der Waals surface area (Å²) in [4.78, 5) is 28.8. The molecule has 0 amide bonds.